The minimum absolute atomic E-state index is 0. The van der Waals surface area contributed by atoms with Crippen molar-refractivity contribution in [3.8, 4) is 0 Å². The van der Waals surface area contributed by atoms with Gasteiger partial charge in [-0.1, -0.05) is 141 Å². The van der Waals surface area contributed by atoms with Crippen LogP contribution in [0.3, 0.4) is 0 Å². The van der Waals surface area contributed by atoms with E-state index in [0.717, 1.165) is 5.69 Å². The molecule has 244 valence electrons. The molecule has 0 radical (unpaired) electrons. The van der Waals surface area contributed by atoms with Crippen molar-refractivity contribution in [2.75, 3.05) is 0 Å². The molecule has 1 aromatic heterocycles. The van der Waals surface area contributed by atoms with Gasteiger partial charge in [-0.25, -0.2) is 0 Å². The number of nitrogens with zero attached hydrogens (tertiary/aromatic N) is 3. The van der Waals surface area contributed by atoms with Crippen molar-refractivity contribution in [3.05, 3.63) is 109 Å². The second kappa shape index (κ2) is 13.5. The first-order valence-corrected chi connectivity index (χ1v) is 23.4. The first-order valence-electron chi connectivity index (χ1n) is 16.1. The van der Waals surface area contributed by atoms with Crippen LogP contribution in [0.25, 0.3) is 10.9 Å². The molecule has 0 amide bonds. The van der Waals surface area contributed by atoms with Crippen LogP contribution in [0.2, 0.25) is 18.6 Å². The van der Waals surface area contributed by atoms with Gasteiger partial charge in [0.2, 0.25) is 0 Å². The van der Waals surface area contributed by atoms with Gasteiger partial charge in [-0.05, 0) is 68.9 Å². The van der Waals surface area contributed by atoms with E-state index in [2.05, 4.69) is 140 Å². The van der Waals surface area contributed by atoms with Gasteiger partial charge in [0.25, 0.3) is 0 Å². The molecular weight excluding hydrogens is 645 g/mol. The average molecular weight is 699 g/mol. The van der Waals surface area contributed by atoms with Crippen LogP contribution in [0.15, 0.2) is 90.2 Å². The SMILES string of the molecule is CC(C)(C)C1=CC2C(C=C1)C1C=CC(C(C)(C)C)=CC1C2[Si](C)(C)N1[C@@H]2C=CC=C(c3ccccn3)C2[N-]C1(C)C.[CH3-].[Cl][Ti][Cl]. The molecule has 7 heteroatoms. The third-order valence-electron chi connectivity index (χ3n) is 10.6. The Balaban J connectivity index is 0.00000111. The molecule has 0 N–H and O–H groups in total. The van der Waals surface area contributed by atoms with Crippen LogP contribution in [0.5, 0.6) is 0 Å². The molecule has 6 atom stereocenters. The number of hydrogen-bond acceptors (Lipinski definition) is 2. The van der Waals surface area contributed by atoms with Crippen LogP contribution in [0, 0.1) is 41.9 Å². The Morgan fingerprint density at radius 2 is 1.40 bits per heavy atom. The van der Waals surface area contributed by atoms with Gasteiger partial charge in [0.05, 0.1) is 5.69 Å². The molecule has 2 fully saturated rings. The van der Waals surface area contributed by atoms with Gasteiger partial charge in [-0.2, -0.15) is 0 Å². The van der Waals surface area contributed by atoms with Crippen LogP contribution in [0.1, 0.15) is 61.1 Å². The molecule has 0 bridgehead atoms. The normalized spacial score (nSPS) is 31.7. The van der Waals surface area contributed by atoms with Crippen molar-refractivity contribution in [3.63, 3.8) is 0 Å². The number of allylic oxidation sites excluding steroid dienone is 10. The fraction of sp³-hybridized carbons (Fsp3) is 0.526. The molecule has 5 aliphatic rings. The summed E-state index contributed by atoms with van der Waals surface area (Å²) >= 11 is -0.556. The van der Waals surface area contributed by atoms with Crippen molar-refractivity contribution < 1.29 is 17.0 Å². The molecule has 6 rings (SSSR count). The summed E-state index contributed by atoms with van der Waals surface area (Å²) in [6.45, 7) is 24.3. The first kappa shape index (κ1) is 36.9. The molecule has 2 heterocycles. The second-order valence-corrected chi connectivity index (χ2v) is 23.2. The minimum atomic E-state index is -2.12. The van der Waals surface area contributed by atoms with Crippen molar-refractivity contribution in [1.29, 1.82) is 0 Å². The summed E-state index contributed by atoms with van der Waals surface area (Å²) in [5.74, 6) is 2.20. The Labute approximate surface area is 292 Å². The summed E-state index contributed by atoms with van der Waals surface area (Å²) in [5.41, 5.74) is 5.95. The summed E-state index contributed by atoms with van der Waals surface area (Å²) in [5, 5.41) is 5.58. The number of halogens is 2. The van der Waals surface area contributed by atoms with Gasteiger partial charge in [0.15, 0.2) is 0 Å². The second-order valence-electron chi connectivity index (χ2n) is 16.2. The number of aromatic nitrogens is 1. The van der Waals surface area contributed by atoms with Crippen LogP contribution in [-0.4, -0.2) is 35.5 Å². The quantitative estimate of drug-likeness (QED) is 0.232. The Hall–Kier alpha value is -0.979. The van der Waals surface area contributed by atoms with E-state index in [1.54, 1.807) is 0 Å². The third-order valence-corrected chi connectivity index (χ3v) is 15.1. The molecule has 1 aromatic rings. The summed E-state index contributed by atoms with van der Waals surface area (Å²) < 4.78 is 2.91. The van der Waals surface area contributed by atoms with E-state index >= 15 is 0 Å². The van der Waals surface area contributed by atoms with Crippen LogP contribution in [-0.2, 0) is 17.0 Å². The van der Waals surface area contributed by atoms with E-state index in [-0.39, 0.29) is 36.0 Å². The van der Waals surface area contributed by atoms with Crippen molar-refractivity contribution in [2.24, 2.45) is 34.5 Å². The molecule has 1 saturated carbocycles. The zero-order valence-corrected chi connectivity index (χ0v) is 33.2. The molecule has 45 heavy (non-hydrogen) atoms. The van der Waals surface area contributed by atoms with Gasteiger partial charge < -0.3 is 17.3 Å². The van der Waals surface area contributed by atoms with E-state index in [1.807, 2.05) is 12.3 Å². The van der Waals surface area contributed by atoms with Gasteiger partial charge in [-0.15, -0.1) is 0 Å². The predicted octanol–water partition coefficient (Wildman–Crippen LogP) is 11.2. The predicted molar refractivity (Wildman–Crippen MR) is 195 cm³/mol. The van der Waals surface area contributed by atoms with Gasteiger partial charge >= 0.3 is 35.6 Å². The van der Waals surface area contributed by atoms with E-state index < -0.39 is 25.3 Å². The van der Waals surface area contributed by atoms with Crippen LogP contribution in [0.4, 0.5) is 0 Å². The standard InChI is InChI=1S/C37H50N3Si.CH3.2ClH.Ti/c1-35(2,3)24-17-19-26-27-20-18-25(36(4,5)6)23-30(27)34(29(26)22-24)41(9,10)40-32-16-13-14-28(31-15-11-12-21-38-31)33(32)39-37(40,7)8;;;;/h11-23,26-27,29-30,32-34H,1-10H3;1H3;2*1H;/q2*-1;;;+2/p-2/t26?,27?,29?,30?,32-,33?,34?;;;;/m1..../s1. The number of fused-ring (bicyclic) bond motifs is 4. The average Bonchev–Trinajstić information content (AvgIpc) is 3.43. The molecule has 1 saturated heterocycles. The molecule has 0 spiro atoms. The fourth-order valence-electron chi connectivity index (χ4n) is 8.91. The van der Waals surface area contributed by atoms with Crippen LogP contribution >= 0.6 is 18.6 Å². The first-order chi connectivity index (χ1) is 20.5. The number of hydrogen-bond donors (Lipinski definition) is 0. The Bertz CT molecular complexity index is 1360. The van der Waals surface area contributed by atoms with Crippen LogP contribution < -0.4 is 0 Å². The number of rotatable bonds is 3. The third kappa shape index (κ3) is 6.96. The molecule has 3 nitrogen and oxygen atoms in total. The van der Waals surface area contributed by atoms with Crippen molar-refractivity contribution in [1.82, 2.24) is 9.55 Å². The van der Waals surface area contributed by atoms with E-state index in [9.17, 15) is 0 Å². The molecule has 4 aliphatic carbocycles. The Morgan fingerprint density at radius 3 is 1.87 bits per heavy atom. The van der Waals surface area contributed by atoms with Crippen molar-refractivity contribution >= 4 is 32.4 Å². The number of pyridine rings is 1. The van der Waals surface area contributed by atoms with Gasteiger partial charge in [0, 0.05) is 12.2 Å². The fourth-order valence-corrected chi connectivity index (χ4v) is 14.2. The Kier molecular flexibility index (Phi) is 11.1. The summed E-state index contributed by atoms with van der Waals surface area (Å²) in [7, 11) is 7.66. The maximum absolute atomic E-state index is 5.58. The van der Waals surface area contributed by atoms with Crippen molar-refractivity contribution in [2.45, 2.75) is 91.8 Å². The molecule has 5 unspecified atom stereocenters. The Morgan fingerprint density at radius 1 is 0.867 bits per heavy atom. The summed E-state index contributed by atoms with van der Waals surface area (Å²) in [4.78, 5) is 4.75. The van der Waals surface area contributed by atoms with E-state index in [0.29, 0.717) is 29.2 Å². The zero-order chi connectivity index (χ0) is 32.2. The molecule has 1 aliphatic heterocycles. The topological polar surface area (TPSA) is 30.2 Å². The summed E-state index contributed by atoms with van der Waals surface area (Å²) in [6, 6.07) is 6.62. The van der Waals surface area contributed by atoms with E-state index in [1.165, 1.54) is 16.7 Å². The van der Waals surface area contributed by atoms with Gasteiger partial charge in [-0.3, -0.25) is 4.98 Å². The monoisotopic (exact) mass is 697 g/mol. The van der Waals surface area contributed by atoms with E-state index in [4.69, 9.17) is 28.9 Å². The summed E-state index contributed by atoms with van der Waals surface area (Å²) in [6.07, 6.45) is 24.3. The molecular formula is C38H53Cl2N3SiTi-2. The zero-order valence-electron chi connectivity index (χ0n) is 29.1. The van der Waals surface area contributed by atoms with Gasteiger partial charge in [0.1, 0.15) is 8.24 Å². The maximum atomic E-state index is 5.58. The molecule has 0 aromatic carbocycles.